The molecule has 3 N–H and O–H groups in total. The zero-order valence-electron chi connectivity index (χ0n) is 8.32. The summed E-state index contributed by atoms with van der Waals surface area (Å²) in [5, 5.41) is 8.89. The minimum Gasteiger partial charge on any atom is -0.481 e. The summed E-state index contributed by atoms with van der Waals surface area (Å²) in [6, 6.07) is 5.98. The van der Waals surface area contributed by atoms with Gasteiger partial charge >= 0.3 is 5.97 Å². The normalized spacial score (nSPS) is 12.4. The number of nitrogens with two attached hydrogens (primary N) is 1. The van der Waals surface area contributed by atoms with Crippen LogP contribution in [0.5, 0.6) is 0 Å². The Morgan fingerprint density at radius 2 is 2.27 bits per heavy atom. The number of carboxylic acids is 1. The third kappa shape index (κ3) is 3.67. The van der Waals surface area contributed by atoms with E-state index in [2.05, 4.69) is 0 Å². The topological polar surface area (TPSA) is 63.3 Å². The zero-order chi connectivity index (χ0) is 11.3. The molecule has 15 heavy (non-hydrogen) atoms. The van der Waals surface area contributed by atoms with Gasteiger partial charge in [0.1, 0.15) is 5.82 Å². The molecule has 82 valence electrons. The molecule has 1 aromatic carbocycles. The van der Waals surface area contributed by atoms with Crippen LogP contribution in [0.3, 0.4) is 0 Å². The van der Waals surface area contributed by atoms with Crippen LogP contribution in [0.25, 0.3) is 0 Å². The number of carboxylic acid groups (broad SMARTS) is 1. The summed E-state index contributed by atoms with van der Waals surface area (Å²) in [5.41, 5.74) is 6.00. The molecule has 0 spiro atoms. The van der Waals surface area contributed by atoms with E-state index < -0.39 is 11.9 Å². The largest absolute Gasteiger partial charge is 0.481 e. The Balaban J connectivity index is 2.69. The Morgan fingerprint density at radius 1 is 1.53 bits per heavy atom. The highest BCUT2D eigenvalue weighted by molar-refractivity contribution is 5.70. The quantitative estimate of drug-likeness (QED) is 0.774. The van der Waals surface area contributed by atoms with Crippen LogP contribution in [-0.4, -0.2) is 17.6 Å². The van der Waals surface area contributed by atoms with Crippen molar-refractivity contribution in [2.24, 2.45) is 11.7 Å². The van der Waals surface area contributed by atoms with E-state index in [1.807, 2.05) is 0 Å². The highest BCUT2D eigenvalue weighted by Gasteiger charge is 2.16. The van der Waals surface area contributed by atoms with Gasteiger partial charge in [-0.05, 0) is 37.1 Å². The highest BCUT2D eigenvalue weighted by Crippen LogP contribution is 2.13. The molecular formula is C11H14FNO2. The lowest BCUT2D eigenvalue weighted by molar-refractivity contribution is -0.141. The van der Waals surface area contributed by atoms with Crippen molar-refractivity contribution in [2.75, 3.05) is 6.54 Å². The first-order valence-electron chi connectivity index (χ1n) is 4.81. The van der Waals surface area contributed by atoms with E-state index in [1.54, 1.807) is 12.1 Å². The molecule has 1 rings (SSSR count). The highest BCUT2D eigenvalue weighted by atomic mass is 19.1. The molecule has 0 saturated heterocycles. The fraction of sp³-hybridized carbons (Fsp3) is 0.364. The number of rotatable bonds is 5. The number of hydrogen-bond acceptors (Lipinski definition) is 2. The minimum atomic E-state index is -0.885. The third-order valence-corrected chi connectivity index (χ3v) is 2.24. The Hall–Kier alpha value is -1.42. The average molecular weight is 211 g/mol. The summed E-state index contributed by atoms with van der Waals surface area (Å²) >= 11 is 0. The lowest BCUT2D eigenvalue weighted by Crippen LogP contribution is -2.20. The van der Waals surface area contributed by atoms with Gasteiger partial charge in [-0.15, -0.1) is 0 Å². The van der Waals surface area contributed by atoms with E-state index in [9.17, 15) is 9.18 Å². The maximum Gasteiger partial charge on any atom is 0.306 e. The molecule has 0 aliphatic heterocycles. The van der Waals surface area contributed by atoms with Gasteiger partial charge in [0, 0.05) is 0 Å². The molecule has 0 bridgehead atoms. The standard InChI is InChI=1S/C11H14FNO2/c12-10-3-1-2-8(7-10)6-9(4-5-13)11(14)15/h1-3,7,9H,4-6,13H2,(H,14,15). The van der Waals surface area contributed by atoms with Gasteiger partial charge in [0.05, 0.1) is 5.92 Å². The maximum absolute atomic E-state index is 12.8. The van der Waals surface area contributed by atoms with Crippen LogP contribution in [-0.2, 0) is 11.2 Å². The van der Waals surface area contributed by atoms with Crippen molar-refractivity contribution in [1.82, 2.24) is 0 Å². The van der Waals surface area contributed by atoms with Crippen molar-refractivity contribution in [3.05, 3.63) is 35.6 Å². The van der Waals surface area contributed by atoms with Gasteiger partial charge in [-0.25, -0.2) is 4.39 Å². The van der Waals surface area contributed by atoms with Crippen LogP contribution >= 0.6 is 0 Å². The number of carbonyl (C=O) groups is 1. The van der Waals surface area contributed by atoms with Gasteiger partial charge in [0.2, 0.25) is 0 Å². The SMILES string of the molecule is NCCC(Cc1cccc(F)c1)C(=O)O. The van der Waals surface area contributed by atoms with Crippen LogP contribution < -0.4 is 5.73 Å². The van der Waals surface area contributed by atoms with Gasteiger partial charge in [-0.3, -0.25) is 4.79 Å². The summed E-state index contributed by atoms with van der Waals surface area (Å²) < 4.78 is 12.8. The second-order valence-electron chi connectivity index (χ2n) is 3.45. The first kappa shape index (κ1) is 11.7. The minimum absolute atomic E-state index is 0.324. The predicted octanol–water partition coefficient (Wildman–Crippen LogP) is 1.42. The predicted molar refractivity (Wildman–Crippen MR) is 54.9 cm³/mol. The molecule has 0 fully saturated rings. The summed E-state index contributed by atoms with van der Waals surface area (Å²) in [7, 11) is 0. The van der Waals surface area contributed by atoms with Gasteiger partial charge in [-0.1, -0.05) is 12.1 Å². The summed E-state index contributed by atoms with van der Waals surface area (Å²) in [6.07, 6.45) is 0.732. The molecule has 3 nitrogen and oxygen atoms in total. The van der Waals surface area contributed by atoms with Crippen molar-refractivity contribution >= 4 is 5.97 Å². The Labute approximate surface area is 87.7 Å². The van der Waals surface area contributed by atoms with Gasteiger partial charge in [-0.2, -0.15) is 0 Å². The van der Waals surface area contributed by atoms with Crippen molar-refractivity contribution in [2.45, 2.75) is 12.8 Å². The van der Waals surface area contributed by atoms with Crippen LogP contribution in [0, 0.1) is 11.7 Å². The monoisotopic (exact) mass is 211 g/mol. The van der Waals surface area contributed by atoms with E-state index in [0.717, 1.165) is 0 Å². The number of halogens is 1. The second kappa shape index (κ2) is 5.46. The molecule has 1 unspecified atom stereocenters. The number of benzene rings is 1. The molecule has 1 aromatic rings. The van der Waals surface area contributed by atoms with Crippen molar-refractivity contribution in [3.63, 3.8) is 0 Å². The Morgan fingerprint density at radius 3 is 2.80 bits per heavy atom. The molecule has 0 aliphatic rings. The third-order valence-electron chi connectivity index (χ3n) is 2.24. The number of hydrogen-bond donors (Lipinski definition) is 2. The first-order valence-corrected chi connectivity index (χ1v) is 4.81. The lowest BCUT2D eigenvalue weighted by Gasteiger charge is -2.10. The Bertz CT molecular complexity index is 341. The fourth-order valence-electron chi connectivity index (χ4n) is 1.46. The lowest BCUT2D eigenvalue weighted by atomic mass is 9.96. The molecule has 0 aliphatic carbocycles. The van der Waals surface area contributed by atoms with Gasteiger partial charge in [0.25, 0.3) is 0 Å². The zero-order valence-corrected chi connectivity index (χ0v) is 8.32. The average Bonchev–Trinajstić information content (AvgIpc) is 2.17. The van der Waals surface area contributed by atoms with E-state index in [-0.39, 0.29) is 5.82 Å². The molecular weight excluding hydrogens is 197 g/mol. The molecule has 0 radical (unpaired) electrons. The van der Waals surface area contributed by atoms with Crippen LogP contribution in [0.1, 0.15) is 12.0 Å². The number of aliphatic carboxylic acids is 1. The van der Waals surface area contributed by atoms with E-state index in [4.69, 9.17) is 10.8 Å². The second-order valence-corrected chi connectivity index (χ2v) is 3.45. The smallest absolute Gasteiger partial charge is 0.306 e. The summed E-state index contributed by atoms with van der Waals surface area (Å²) in [6.45, 7) is 0.326. The maximum atomic E-state index is 12.8. The summed E-state index contributed by atoms with van der Waals surface area (Å²) in [4.78, 5) is 10.8. The van der Waals surface area contributed by atoms with Crippen molar-refractivity contribution in [3.8, 4) is 0 Å². The molecule has 4 heteroatoms. The van der Waals surface area contributed by atoms with Crippen molar-refractivity contribution < 1.29 is 14.3 Å². The molecule has 0 heterocycles. The van der Waals surface area contributed by atoms with E-state index in [1.165, 1.54) is 12.1 Å². The van der Waals surface area contributed by atoms with Crippen molar-refractivity contribution in [1.29, 1.82) is 0 Å². The van der Waals surface area contributed by atoms with Gasteiger partial charge in [0.15, 0.2) is 0 Å². The van der Waals surface area contributed by atoms with E-state index >= 15 is 0 Å². The molecule has 0 aromatic heterocycles. The molecule has 0 amide bonds. The van der Waals surface area contributed by atoms with Crippen LogP contribution in [0.2, 0.25) is 0 Å². The first-order chi connectivity index (χ1) is 7.13. The summed E-state index contributed by atoms with van der Waals surface area (Å²) in [5.74, 6) is -1.76. The van der Waals surface area contributed by atoms with Crippen LogP contribution in [0.15, 0.2) is 24.3 Å². The van der Waals surface area contributed by atoms with Gasteiger partial charge < -0.3 is 10.8 Å². The van der Waals surface area contributed by atoms with E-state index in [0.29, 0.717) is 24.9 Å². The molecule has 1 atom stereocenters. The Kier molecular flexibility index (Phi) is 4.24. The van der Waals surface area contributed by atoms with Crippen LogP contribution in [0.4, 0.5) is 4.39 Å². The fourth-order valence-corrected chi connectivity index (χ4v) is 1.46. The molecule has 0 saturated carbocycles.